The van der Waals surface area contributed by atoms with Crippen molar-refractivity contribution in [3.63, 3.8) is 0 Å². The minimum Gasteiger partial charge on any atom is -0.444 e. The largest absolute Gasteiger partial charge is 0.444 e. The lowest BCUT2D eigenvalue weighted by Gasteiger charge is -2.56. The van der Waals surface area contributed by atoms with Crippen LogP contribution in [-0.2, 0) is 10.9 Å². The van der Waals surface area contributed by atoms with Crippen molar-refractivity contribution in [1.82, 2.24) is 14.9 Å². The monoisotopic (exact) mass is 393 g/mol. The number of amides is 1. The number of fused-ring (bicyclic) bond motifs is 1. The van der Waals surface area contributed by atoms with Gasteiger partial charge in [-0.1, -0.05) is 5.57 Å². The molecular weight excluding hydrogens is 371 g/mol. The van der Waals surface area contributed by atoms with Crippen LogP contribution in [0.1, 0.15) is 44.9 Å². The van der Waals surface area contributed by atoms with Crippen LogP contribution in [0, 0.1) is 5.41 Å². The number of aromatic nitrogens is 2. The summed E-state index contributed by atoms with van der Waals surface area (Å²) in [5.41, 5.74) is 0.972. The number of pyridine rings is 1. The number of alkyl halides is 3. The molecule has 1 N–H and O–H groups in total. The predicted molar refractivity (Wildman–Crippen MR) is 98.5 cm³/mol. The molecule has 0 bridgehead atoms. The first kappa shape index (κ1) is 18.8. The zero-order valence-electron chi connectivity index (χ0n) is 16.0. The van der Waals surface area contributed by atoms with Crippen molar-refractivity contribution in [2.45, 2.75) is 45.4 Å². The third kappa shape index (κ3) is 3.47. The molecule has 1 aliphatic carbocycles. The van der Waals surface area contributed by atoms with Gasteiger partial charge in [-0.15, -0.1) is 0 Å². The third-order valence-corrected chi connectivity index (χ3v) is 5.13. The van der Waals surface area contributed by atoms with Gasteiger partial charge in [-0.05, 0) is 51.8 Å². The van der Waals surface area contributed by atoms with Crippen molar-refractivity contribution in [2.75, 3.05) is 13.1 Å². The van der Waals surface area contributed by atoms with Crippen LogP contribution < -0.4 is 0 Å². The molecule has 0 radical (unpaired) electrons. The van der Waals surface area contributed by atoms with Crippen LogP contribution in [0.4, 0.5) is 18.0 Å². The highest BCUT2D eigenvalue weighted by atomic mass is 19.4. The summed E-state index contributed by atoms with van der Waals surface area (Å²) in [4.78, 5) is 20.6. The van der Waals surface area contributed by atoms with E-state index in [9.17, 15) is 18.0 Å². The summed E-state index contributed by atoms with van der Waals surface area (Å²) < 4.78 is 44.2. The van der Waals surface area contributed by atoms with Crippen molar-refractivity contribution in [3.8, 4) is 0 Å². The Morgan fingerprint density at radius 2 is 1.93 bits per heavy atom. The summed E-state index contributed by atoms with van der Waals surface area (Å²) in [6.45, 7) is 6.89. The topological polar surface area (TPSA) is 58.2 Å². The van der Waals surface area contributed by atoms with Crippen LogP contribution in [-0.4, -0.2) is 39.7 Å². The third-order valence-electron chi connectivity index (χ3n) is 5.13. The molecule has 1 amide bonds. The number of nitrogens with zero attached hydrogens (tertiary/aromatic N) is 2. The first-order chi connectivity index (χ1) is 12.9. The van der Waals surface area contributed by atoms with Crippen LogP contribution in [0.5, 0.6) is 0 Å². The lowest BCUT2D eigenvalue weighted by molar-refractivity contribution is -0.136. The van der Waals surface area contributed by atoms with Crippen molar-refractivity contribution >= 4 is 23.2 Å². The predicted octanol–water partition coefficient (Wildman–Crippen LogP) is 5.00. The maximum atomic E-state index is 12.9. The van der Waals surface area contributed by atoms with E-state index in [2.05, 4.69) is 9.97 Å². The summed E-state index contributed by atoms with van der Waals surface area (Å²) in [5.74, 6) is 0. The highest BCUT2D eigenvalue weighted by Gasteiger charge is 2.52. The van der Waals surface area contributed by atoms with Crippen molar-refractivity contribution < 1.29 is 22.7 Å². The Balaban J connectivity index is 1.38. The van der Waals surface area contributed by atoms with E-state index in [0.29, 0.717) is 18.8 Å². The van der Waals surface area contributed by atoms with Crippen molar-refractivity contribution in [3.05, 3.63) is 35.2 Å². The van der Waals surface area contributed by atoms with Gasteiger partial charge in [-0.25, -0.2) is 9.78 Å². The quantitative estimate of drug-likeness (QED) is 0.742. The van der Waals surface area contributed by atoms with Crippen molar-refractivity contribution in [1.29, 1.82) is 0 Å². The fraction of sp³-hybridized carbons (Fsp3) is 0.500. The molecule has 2 aromatic rings. The van der Waals surface area contributed by atoms with Crippen molar-refractivity contribution in [2.24, 2.45) is 5.41 Å². The van der Waals surface area contributed by atoms with Gasteiger partial charge in [-0.2, -0.15) is 13.2 Å². The van der Waals surface area contributed by atoms with Gasteiger partial charge >= 0.3 is 12.3 Å². The number of allylic oxidation sites excluding steroid dienone is 1. The summed E-state index contributed by atoms with van der Waals surface area (Å²) in [6, 6.07) is 3.06. The highest BCUT2D eigenvalue weighted by molar-refractivity contribution is 5.81. The Bertz CT molecular complexity index is 953. The molecule has 2 aromatic heterocycles. The average Bonchev–Trinajstić information content (AvgIpc) is 2.89. The van der Waals surface area contributed by atoms with E-state index in [4.69, 9.17) is 4.74 Å². The molecule has 8 heteroatoms. The summed E-state index contributed by atoms with van der Waals surface area (Å²) in [5, 5.41) is 0.0757. The number of carbonyl (C=O) groups is 1. The van der Waals surface area contributed by atoms with Crippen LogP contribution in [0.3, 0.4) is 0 Å². The fourth-order valence-electron chi connectivity index (χ4n) is 4.00. The maximum Gasteiger partial charge on any atom is 0.418 e. The second kappa shape index (κ2) is 5.99. The highest BCUT2D eigenvalue weighted by Crippen LogP contribution is 2.52. The van der Waals surface area contributed by atoms with Gasteiger partial charge in [0.25, 0.3) is 0 Å². The molecule has 5 nitrogen and oxygen atoms in total. The smallest absolute Gasteiger partial charge is 0.418 e. The Hall–Kier alpha value is -2.51. The number of likely N-dealkylation sites (tertiary alicyclic amines) is 1. The Kier molecular flexibility index (Phi) is 4.03. The molecule has 0 unspecified atom stereocenters. The fourth-order valence-corrected chi connectivity index (χ4v) is 4.00. The van der Waals surface area contributed by atoms with Gasteiger partial charge in [0.15, 0.2) is 0 Å². The van der Waals surface area contributed by atoms with Gasteiger partial charge < -0.3 is 14.6 Å². The Labute approximate surface area is 160 Å². The van der Waals surface area contributed by atoms with Gasteiger partial charge in [0.1, 0.15) is 11.2 Å². The zero-order valence-corrected chi connectivity index (χ0v) is 16.0. The molecule has 1 spiro atoms. The van der Waals surface area contributed by atoms with E-state index < -0.39 is 17.3 Å². The summed E-state index contributed by atoms with van der Waals surface area (Å²) >= 11 is 0. The van der Waals surface area contributed by atoms with Crippen LogP contribution in [0.2, 0.25) is 0 Å². The van der Waals surface area contributed by atoms with Crippen LogP contribution >= 0.6 is 0 Å². The molecule has 1 saturated carbocycles. The van der Waals surface area contributed by atoms with Gasteiger partial charge in [0, 0.05) is 30.1 Å². The van der Waals surface area contributed by atoms with E-state index in [-0.39, 0.29) is 22.5 Å². The maximum absolute atomic E-state index is 12.9. The lowest BCUT2D eigenvalue weighted by Crippen LogP contribution is -2.62. The summed E-state index contributed by atoms with van der Waals surface area (Å²) in [6.07, 6.45) is -0.0731. The van der Waals surface area contributed by atoms with Crippen LogP contribution in [0.25, 0.3) is 17.1 Å². The molecule has 2 fully saturated rings. The molecular formula is C20H22F3N3O2. The zero-order chi connectivity index (χ0) is 20.3. The molecule has 4 rings (SSSR count). The number of carbonyl (C=O) groups excluding carboxylic acids is 1. The number of nitrogens with one attached hydrogen (secondary N) is 1. The second-order valence-electron chi connectivity index (χ2n) is 8.82. The number of halogens is 3. The molecule has 2 aliphatic rings. The van der Waals surface area contributed by atoms with Gasteiger partial charge in [-0.3, -0.25) is 0 Å². The molecule has 0 aromatic carbocycles. The summed E-state index contributed by atoms with van der Waals surface area (Å²) in [7, 11) is 0. The molecule has 0 atom stereocenters. The molecule has 28 heavy (non-hydrogen) atoms. The number of rotatable bonds is 1. The minimum atomic E-state index is -4.40. The van der Waals surface area contributed by atoms with E-state index >= 15 is 0 Å². The van der Waals surface area contributed by atoms with E-state index in [1.807, 2.05) is 26.8 Å². The second-order valence-corrected chi connectivity index (χ2v) is 8.82. The molecule has 150 valence electrons. The lowest BCUT2D eigenvalue weighted by atomic mass is 9.60. The number of hydrogen-bond acceptors (Lipinski definition) is 3. The van der Waals surface area contributed by atoms with E-state index in [0.717, 1.165) is 19.0 Å². The van der Waals surface area contributed by atoms with E-state index in [1.54, 1.807) is 11.0 Å². The first-order valence-corrected chi connectivity index (χ1v) is 9.17. The average molecular weight is 393 g/mol. The molecule has 1 aliphatic heterocycles. The molecule has 1 saturated heterocycles. The Morgan fingerprint density at radius 3 is 2.54 bits per heavy atom. The SMILES string of the molecule is CC(C)(C)OC(=O)N1CC2(CC(=Cc3ccc4c(C(F)(F)F)c[nH]c4n3)C2)C1. The number of hydrogen-bond donors (Lipinski definition) is 1. The number of ether oxygens (including phenoxy) is 1. The van der Waals surface area contributed by atoms with Gasteiger partial charge in [0.2, 0.25) is 0 Å². The Morgan fingerprint density at radius 1 is 1.25 bits per heavy atom. The van der Waals surface area contributed by atoms with Gasteiger partial charge in [0.05, 0.1) is 11.3 Å². The molecule has 3 heterocycles. The number of H-pyrrole nitrogens is 1. The van der Waals surface area contributed by atoms with Crippen LogP contribution in [0.15, 0.2) is 23.9 Å². The van der Waals surface area contributed by atoms with E-state index in [1.165, 1.54) is 11.6 Å². The first-order valence-electron chi connectivity index (χ1n) is 9.17. The normalized spacial score (nSPS) is 18.8. The number of aromatic amines is 1. The minimum absolute atomic E-state index is 0.0757. The standard InChI is InChI=1S/C20H22F3N3O2/c1-18(2,3)28-17(27)26-10-19(11-26)7-12(8-19)6-13-4-5-14-15(20(21,22)23)9-24-16(14)25-13/h4-6,9H,7-8,10-11H2,1-3H3,(H,24,25).